The molecule has 0 bridgehead atoms. The van der Waals surface area contributed by atoms with Gasteiger partial charge >= 0.3 is 5.97 Å². The second-order valence-corrected chi connectivity index (χ2v) is 6.38. The van der Waals surface area contributed by atoms with E-state index in [-0.39, 0.29) is 18.5 Å². The first-order valence-corrected chi connectivity index (χ1v) is 8.33. The molecular formula is C20H22N2O3. The van der Waals surface area contributed by atoms with Crippen LogP contribution in [-0.2, 0) is 16.0 Å². The number of nitrogens with zero attached hydrogens (tertiary/aromatic N) is 1. The molecule has 3 rings (SSSR count). The largest absolute Gasteiger partial charge is 0.465 e. The zero-order valence-electron chi connectivity index (χ0n) is 14.7. The molecule has 0 saturated carbocycles. The Bertz CT molecular complexity index is 816. The zero-order chi connectivity index (χ0) is 18.0. The third kappa shape index (κ3) is 3.50. The van der Waals surface area contributed by atoms with Crippen LogP contribution in [-0.4, -0.2) is 31.6 Å². The summed E-state index contributed by atoms with van der Waals surface area (Å²) >= 11 is 0. The number of carbonyl (C=O) groups is 2. The molecule has 1 unspecified atom stereocenters. The fourth-order valence-electron chi connectivity index (χ4n) is 3.22. The maximum atomic E-state index is 12.6. The van der Waals surface area contributed by atoms with E-state index in [1.54, 1.807) is 18.2 Å². The molecule has 5 nitrogen and oxygen atoms in total. The number of fused-ring (bicyclic) bond motifs is 1. The van der Waals surface area contributed by atoms with Crippen LogP contribution in [0, 0.1) is 6.92 Å². The number of benzene rings is 2. The van der Waals surface area contributed by atoms with Crippen molar-refractivity contribution in [3.8, 4) is 0 Å². The maximum Gasteiger partial charge on any atom is 0.337 e. The second-order valence-electron chi connectivity index (χ2n) is 6.38. The molecule has 1 atom stereocenters. The average Bonchev–Trinajstić information content (AvgIpc) is 2.92. The molecule has 0 saturated heterocycles. The summed E-state index contributed by atoms with van der Waals surface area (Å²) in [6.45, 7) is 4.29. The predicted molar refractivity (Wildman–Crippen MR) is 98.1 cm³/mol. The van der Waals surface area contributed by atoms with Crippen LogP contribution in [0.4, 0.5) is 11.4 Å². The number of carbonyl (C=O) groups excluding carboxylic acids is 2. The normalized spacial score (nSPS) is 15.6. The molecule has 130 valence electrons. The number of aryl methyl sites for hydroxylation is 1. The molecule has 1 aliphatic heterocycles. The minimum Gasteiger partial charge on any atom is -0.465 e. The molecule has 1 N–H and O–H groups in total. The van der Waals surface area contributed by atoms with Crippen molar-refractivity contribution < 1.29 is 14.3 Å². The van der Waals surface area contributed by atoms with Gasteiger partial charge in [-0.15, -0.1) is 0 Å². The van der Waals surface area contributed by atoms with Gasteiger partial charge in [-0.25, -0.2) is 4.79 Å². The Hall–Kier alpha value is -2.82. The lowest BCUT2D eigenvalue weighted by molar-refractivity contribution is -0.115. The number of hydrogen-bond donors (Lipinski definition) is 1. The van der Waals surface area contributed by atoms with E-state index in [2.05, 4.69) is 29.3 Å². The number of anilines is 2. The molecule has 0 aliphatic carbocycles. The number of rotatable bonds is 4. The fourth-order valence-corrected chi connectivity index (χ4v) is 3.22. The molecule has 0 fully saturated rings. The van der Waals surface area contributed by atoms with Crippen molar-refractivity contribution >= 4 is 23.3 Å². The van der Waals surface area contributed by atoms with Gasteiger partial charge in [0, 0.05) is 17.4 Å². The average molecular weight is 338 g/mol. The van der Waals surface area contributed by atoms with Gasteiger partial charge in [-0.1, -0.05) is 24.3 Å². The Morgan fingerprint density at radius 2 is 2.00 bits per heavy atom. The van der Waals surface area contributed by atoms with Gasteiger partial charge < -0.3 is 15.0 Å². The van der Waals surface area contributed by atoms with Gasteiger partial charge in [-0.3, -0.25) is 4.79 Å². The van der Waals surface area contributed by atoms with E-state index in [1.165, 1.54) is 12.7 Å². The molecule has 5 heteroatoms. The Kier molecular flexibility index (Phi) is 4.74. The van der Waals surface area contributed by atoms with Crippen LogP contribution in [0.2, 0.25) is 0 Å². The van der Waals surface area contributed by atoms with Gasteiger partial charge in [0.2, 0.25) is 5.91 Å². The standard InChI is InChI=1S/C20H22N2O3/c1-13-8-9-16(20(24)25-3)11-17(13)21-19(23)12-22-14(2)10-15-6-4-5-7-18(15)22/h4-9,11,14H,10,12H2,1-3H3,(H,21,23). The molecule has 25 heavy (non-hydrogen) atoms. The molecule has 2 aromatic rings. The predicted octanol–water partition coefficient (Wildman–Crippen LogP) is 3.17. The van der Waals surface area contributed by atoms with Crippen molar-refractivity contribution in [2.24, 2.45) is 0 Å². The smallest absolute Gasteiger partial charge is 0.337 e. The molecule has 2 aromatic carbocycles. The number of nitrogens with one attached hydrogen (secondary N) is 1. The van der Waals surface area contributed by atoms with Crippen molar-refractivity contribution in [3.63, 3.8) is 0 Å². The number of ether oxygens (including phenoxy) is 1. The van der Waals surface area contributed by atoms with E-state index >= 15 is 0 Å². The molecule has 1 heterocycles. The van der Waals surface area contributed by atoms with Gasteiger partial charge in [0.05, 0.1) is 19.2 Å². The van der Waals surface area contributed by atoms with Crippen molar-refractivity contribution in [1.29, 1.82) is 0 Å². The Labute approximate surface area is 147 Å². The minimum atomic E-state index is -0.419. The molecule has 0 aromatic heterocycles. The van der Waals surface area contributed by atoms with Gasteiger partial charge in [-0.05, 0) is 49.6 Å². The van der Waals surface area contributed by atoms with E-state index in [0.717, 1.165) is 17.7 Å². The fraction of sp³-hybridized carbons (Fsp3) is 0.300. The Balaban J connectivity index is 1.74. The second kappa shape index (κ2) is 6.97. The van der Waals surface area contributed by atoms with Gasteiger partial charge in [0.1, 0.15) is 0 Å². The molecule has 1 amide bonds. The van der Waals surface area contributed by atoms with Crippen molar-refractivity contribution in [1.82, 2.24) is 0 Å². The van der Waals surface area contributed by atoms with Crippen LogP contribution < -0.4 is 10.2 Å². The Morgan fingerprint density at radius 1 is 1.24 bits per heavy atom. The minimum absolute atomic E-state index is 0.103. The lowest BCUT2D eigenvalue weighted by Gasteiger charge is -2.24. The van der Waals surface area contributed by atoms with Crippen LogP contribution in [0.3, 0.4) is 0 Å². The van der Waals surface area contributed by atoms with E-state index in [4.69, 9.17) is 4.74 Å². The van der Waals surface area contributed by atoms with E-state index < -0.39 is 5.97 Å². The number of esters is 1. The number of methoxy groups -OCH3 is 1. The highest BCUT2D eigenvalue weighted by Gasteiger charge is 2.27. The van der Waals surface area contributed by atoms with E-state index in [1.807, 2.05) is 19.1 Å². The zero-order valence-corrected chi connectivity index (χ0v) is 14.7. The number of hydrogen-bond acceptors (Lipinski definition) is 4. The topological polar surface area (TPSA) is 58.6 Å². The monoisotopic (exact) mass is 338 g/mol. The van der Waals surface area contributed by atoms with Crippen molar-refractivity contribution in [2.75, 3.05) is 23.9 Å². The summed E-state index contributed by atoms with van der Waals surface area (Å²) in [6.07, 6.45) is 0.945. The molecule has 0 spiro atoms. The molecule has 1 aliphatic rings. The summed E-state index contributed by atoms with van der Waals surface area (Å²) < 4.78 is 4.74. The van der Waals surface area contributed by atoms with Crippen LogP contribution in [0.1, 0.15) is 28.4 Å². The summed E-state index contributed by atoms with van der Waals surface area (Å²) in [5.74, 6) is -0.522. The summed E-state index contributed by atoms with van der Waals surface area (Å²) in [6, 6.07) is 13.6. The van der Waals surface area contributed by atoms with Crippen molar-refractivity contribution in [3.05, 3.63) is 59.2 Å². The third-order valence-electron chi connectivity index (χ3n) is 4.60. The molecule has 0 radical (unpaired) electrons. The van der Waals surface area contributed by atoms with Crippen molar-refractivity contribution in [2.45, 2.75) is 26.3 Å². The summed E-state index contributed by atoms with van der Waals surface area (Å²) in [5.41, 5.74) is 4.34. The summed E-state index contributed by atoms with van der Waals surface area (Å²) in [4.78, 5) is 26.4. The maximum absolute atomic E-state index is 12.6. The van der Waals surface area contributed by atoms with Crippen LogP contribution in [0.25, 0.3) is 0 Å². The quantitative estimate of drug-likeness (QED) is 0.870. The highest BCUT2D eigenvalue weighted by Crippen LogP contribution is 2.31. The third-order valence-corrected chi connectivity index (χ3v) is 4.60. The van der Waals surface area contributed by atoms with Crippen LogP contribution in [0.5, 0.6) is 0 Å². The first-order chi connectivity index (χ1) is 12.0. The summed E-state index contributed by atoms with van der Waals surface area (Å²) in [7, 11) is 1.34. The number of para-hydroxylation sites is 1. The van der Waals surface area contributed by atoms with Gasteiger partial charge in [0.15, 0.2) is 0 Å². The Morgan fingerprint density at radius 3 is 2.76 bits per heavy atom. The van der Waals surface area contributed by atoms with Gasteiger partial charge in [-0.2, -0.15) is 0 Å². The van der Waals surface area contributed by atoms with Crippen LogP contribution in [0.15, 0.2) is 42.5 Å². The van der Waals surface area contributed by atoms with E-state index in [9.17, 15) is 9.59 Å². The highest BCUT2D eigenvalue weighted by molar-refractivity contribution is 5.97. The van der Waals surface area contributed by atoms with Crippen LogP contribution >= 0.6 is 0 Å². The SMILES string of the molecule is COC(=O)c1ccc(C)c(NC(=O)CN2c3ccccc3CC2C)c1. The lowest BCUT2D eigenvalue weighted by atomic mass is 10.1. The number of amides is 1. The van der Waals surface area contributed by atoms with E-state index in [0.29, 0.717) is 11.3 Å². The van der Waals surface area contributed by atoms with Gasteiger partial charge in [0.25, 0.3) is 0 Å². The molecular weight excluding hydrogens is 316 g/mol. The summed E-state index contributed by atoms with van der Waals surface area (Å²) in [5, 5.41) is 2.92. The first kappa shape index (κ1) is 17.0. The first-order valence-electron chi connectivity index (χ1n) is 8.33. The highest BCUT2D eigenvalue weighted by atomic mass is 16.5. The lowest BCUT2D eigenvalue weighted by Crippen LogP contribution is -2.37.